The number of nitrogens with two attached hydrogens (primary N) is 1. The van der Waals surface area contributed by atoms with Crippen molar-refractivity contribution in [3.8, 4) is 0 Å². The average Bonchev–Trinajstić information content (AvgIpc) is 2.55. The zero-order chi connectivity index (χ0) is 16.2. The highest BCUT2D eigenvalue weighted by Crippen LogP contribution is 2.38. The maximum absolute atomic E-state index is 12.5. The van der Waals surface area contributed by atoms with Crippen molar-refractivity contribution < 1.29 is 9.59 Å². The van der Waals surface area contributed by atoms with Crippen molar-refractivity contribution >= 4 is 28.9 Å². The molecule has 0 aliphatic carbocycles. The lowest BCUT2D eigenvalue weighted by molar-refractivity contribution is -0.119. The molecule has 1 atom stereocenters. The molecule has 0 radical (unpaired) electrons. The molecule has 2 heterocycles. The van der Waals surface area contributed by atoms with E-state index in [1.165, 1.54) is 0 Å². The quantitative estimate of drug-likeness (QED) is 0.886. The van der Waals surface area contributed by atoms with E-state index in [0.717, 1.165) is 17.1 Å². The number of para-hydroxylation sites is 2. The van der Waals surface area contributed by atoms with E-state index in [9.17, 15) is 9.59 Å². The lowest BCUT2D eigenvalue weighted by atomic mass is 10.0. The van der Waals surface area contributed by atoms with Crippen molar-refractivity contribution in [1.29, 1.82) is 0 Å². The first-order chi connectivity index (χ1) is 11.2. The predicted octanol–water partition coefficient (Wildman–Crippen LogP) is 2.20. The molecule has 1 aliphatic rings. The van der Waals surface area contributed by atoms with Gasteiger partial charge in [0.05, 0.1) is 11.4 Å². The van der Waals surface area contributed by atoms with Crippen molar-refractivity contribution in [3.63, 3.8) is 0 Å². The number of carbonyl (C=O) groups excluding carboxylic acids is 2. The highest BCUT2D eigenvalue weighted by atomic mass is 16.2. The molecule has 2 aromatic rings. The third-order valence-electron chi connectivity index (χ3n) is 3.88. The summed E-state index contributed by atoms with van der Waals surface area (Å²) < 4.78 is 0. The predicted molar refractivity (Wildman–Crippen MR) is 88.3 cm³/mol. The molecule has 3 N–H and O–H groups in total. The van der Waals surface area contributed by atoms with E-state index in [4.69, 9.17) is 5.73 Å². The Labute approximate surface area is 134 Å². The molecule has 0 saturated heterocycles. The number of carbonyl (C=O) groups is 2. The number of hydrogen-bond donors (Lipinski definition) is 2. The number of rotatable bonds is 5. The Hall–Kier alpha value is -2.89. The molecule has 1 aromatic carbocycles. The Bertz CT molecular complexity index is 718. The normalized spacial score (nSPS) is 16.6. The van der Waals surface area contributed by atoms with E-state index < -0.39 is 0 Å². The van der Waals surface area contributed by atoms with E-state index >= 15 is 0 Å². The van der Waals surface area contributed by atoms with Crippen molar-refractivity contribution in [2.75, 3.05) is 10.2 Å². The van der Waals surface area contributed by atoms with Gasteiger partial charge in [0.15, 0.2) is 0 Å². The number of benzene rings is 1. The second kappa shape index (κ2) is 6.48. The first-order valence-corrected chi connectivity index (χ1v) is 7.54. The fourth-order valence-electron chi connectivity index (χ4n) is 2.84. The number of aromatic nitrogens is 1. The van der Waals surface area contributed by atoms with Gasteiger partial charge in [-0.05, 0) is 37.1 Å². The molecule has 6 heteroatoms. The van der Waals surface area contributed by atoms with Crippen LogP contribution in [0.3, 0.4) is 0 Å². The molecule has 23 heavy (non-hydrogen) atoms. The fraction of sp³-hybridized carbons (Fsp3) is 0.235. The van der Waals surface area contributed by atoms with Crippen LogP contribution in [0, 0.1) is 0 Å². The number of amides is 2. The summed E-state index contributed by atoms with van der Waals surface area (Å²) in [5, 5.41) is 2.94. The monoisotopic (exact) mass is 310 g/mol. The molecule has 118 valence electrons. The lowest BCUT2D eigenvalue weighted by Gasteiger charge is -2.38. The molecular formula is C17H18N4O2. The molecule has 0 fully saturated rings. The second-order valence-electron chi connectivity index (χ2n) is 5.46. The van der Waals surface area contributed by atoms with Gasteiger partial charge in [-0.15, -0.1) is 0 Å². The first-order valence-electron chi connectivity index (χ1n) is 7.54. The number of hydrogen-bond acceptors (Lipinski definition) is 4. The van der Waals surface area contributed by atoms with Crippen LogP contribution in [0.4, 0.5) is 17.1 Å². The maximum Gasteiger partial charge on any atom is 0.247 e. The van der Waals surface area contributed by atoms with Crippen molar-refractivity contribution in [3.05, 3.63) is 48.8 Å². The van der Waals surface area contributed by atoms with Gasteiger partial charge in [0.2, 0.25) is 11.8 Å². The van der Waals surface area contributed by atoms with E-state index in [1.54, 1.807) is 12.4 Å². The van der Waals surface area contributed by atoms with E-state index in [0.29, 0.717) is 12.8 Å². The Morgan fingerprint density at radius 1 is 1.22 bits per heavy atom. The van der Waals surface area contributed by atoms with Crippen LogP contribution in [0.5, 0.6) is 0 Å². The minimum absolute atomic E-state index is 0.0787. The van der Waals surface area contributed by atoms with Crippen LogP contribution in [0.25, 0.3) is 0 Å². The van der Waals surface area contributed by atoms with Crippen molar-refractivity contribution in [1.82, 2.24) is 4.98 Å². The molecule has 3 rings (SSSR count). The van der Waals surface area contributed by atoms with Crippen LogP contribution in [-0.2, 0) is 9.59 Å². The summed E-state index contributed by atoms with van der Waals surface area (Å²) in [5.41, 5.74) is 7.81. The summed E-state index contributed by atoms with van der Waals surface area (Å²) in [6.45, 7) is 0. The number of pyridine rings is 1. The topological polar surface area (TPSA) is 88.3 Å². The van der Waals surface area contributed by atoms with Gasteiger partial charge in [0.1, 0.15) is 6.04 Å². The Morgan fingerprint density at radius 2 is 1.96 bits per heavy atom. The molecule has 0 spiro atoms. The number of primary amides is 1. The van der Waals surface area contributed by atoms with E-state index in [2.05, 4.69) is 10.3 Å². The van der Waals surface area contributed by atoms with Gasteiger partial charge in [0, 0.05) is 24.5 Å². The summed E-state index contributed by atoms with van der Waals surface area (Å²) >= 11 is 0. The number of nitrogens with zero attached hydrogens (tertiary/aromatic N) is 2. The summed E-state index contributed by atoms with van der Waals surface area (Å²) in [6.07, 6.45) is 4.79. The average molecular weight is 310 g/mol. The van der Waals surface area contributed by atoms with Crippen LogP contribution in [0.2, 0.25) is 0 Å². The molecule has 1 aliphatic heterocycles. The Balaban J connectivity index is 1.96. The molecule has 2 amide bonds. The lowest BCUT2D eigenvalue weighted by Crippen LogP contribution is -2.45. The highest BCUT2D eigenvalue weighted by Gasteiger charge is 2.33. The van der Waals surface area contributed by atoms with Gasteiger partial charge < -0.3 is 16.0 Å². The Morgan fingerprint density at radius 3 is 2.70 bits per heavy atom. The first kappa shape index (κ1) is 15.0. The largest absolute Gasteiger partial charge is 0.370 e. The minimum Gasteiger partial charge on any atom is -0.370 e. The number of anilines is 3. The van der Waals surface area contributed by atoms with Crippen LogP contribution in [-0.4, -0.2) is 22.8 Å². The number of fused-ring (bicyclic) bond motifs is 1. The molecule has 0 bridgehead atoms. The third kappa shape index (κ3) is 3.15. The van der Waals surface area contributed by atoms with Crippen LogP contribution in [0.15, 0.2) is 48.8 Å². The van der Waals surface area contributed by atoms with Crippen molar-refractivity contribution in [2.24, 2.45) is 5.73 Å². The van der Waals surface area contributed by atoms with E-state index in [1.807, 2.05) is 41.3 Å². The maximum atomic E-state index is 12.5. The standard InChI is InChI=1S/C17H18N4O2/c18-16(22)7-3-6-15-17(23)20-13-4-1-2-5-14(13)21(15)12-8-10-19-11-9-12/h1-2,4-5,8-11,15H,3,6-7H2,(H2,18,22)(H,20,23)/t15-/m1/s1. The van der Waals surface area contributed by atoms with Crippen LogP contribution in [0.1, 0.15) is 19.3 Å². The summed E-state index contributed by atoms with van der Waals surface area (Å²) in [5.74, 6) is -0.429. The van der Waals surface area contributed by atoms with Crippen LogP contribution < -0.4 is 16.0 Å². The van der Waals surface area contributed by atoms with E-state index in [-0.39, 0.29) is 24.3 Å². The third-order valence-corrected chi connectivity index (χ3v) is 3.88. The molecular weight excluding hydrogens is 292 g/mol. The second-order valence-corrected chi connectivity index (χ2v) is 5.46. The van der Waals surface area contributed by atoms with Crippen molar-refractivity contribution in [2.45, 2.75) is 25.3 Å². The minimum atomic E-state index is -0.383. The fourth-order valence-corrected chi connectivity index (χ4v) is 2.84. The van der Waals surface area contributed by atoms with Gasteiger partial charge in [0.25, 0.3) is 0 Å². The number of nitrogens with one attached hydrogen (secondary N) is 1. The van der Waals surface area contributed by atoms with Gasteiger partial charge in [-0.25, -0.2) is 0 Å². The summed E-state index contributed by atoms with van der Waals surface area (Å²) in [4.78, 5) is 29.5. The van der Waals surface area contributed by atoms with Gasteiger partial charge in [-0.3, -0.25) is 14.6 Å². The van der Waals surface area contributed by atoms with Gasteiger partial charge in [-0.2, -0.15) is 0 Å². The summed E-state index contributed by atoms with van der Waals surface area (Å²) in [6, 6.07) is 11.0. The zero-order valence-corrected chi connectivity index (χ0v) is 12.6. The highest BCUT2D eigenvalue weighted by molar-refractivity contribution is 6.05. The molecule has 1 aromatic heterocycles. The Kier molecular flexibility index (Phi) is 4.23. The smallest absolute Gasteiger partial charge is 0.247 e. The molecule has 6 nitrogen and oxygen atoms in total. The SMILES string of the molecule is NC(=O)CCC[C@@H]1C(=O)Nc2ccccc2N1c1ccncc1. The van der Waals surface area contributed by atoms with Gasteiger partial charge in [-0.1, -0.05) is 12.1 Å². The zero-order valence-electron chi connectivity index (χ0n) is 12.6. The van der Waals surface area contributed by atoms with Crippen LogP contribution >= 0.6 is 0 Å². The summed E-state index contributed by atoms with van der Waals surface area (Å²) in [7, 11) is 0. The molecule has 0 unspecified atom stereocenters. The van der Waals surface area contributed by atoms with Gasteiger partial charge >= 0.3 is 0 Å². The molecule has 0 saturated carbocycles.